The number of furan rings is 1. The molecule has 1 N–H and O–H groups in total. The fourth-order valence-electron chi connectivity index (χ4n) is 3.93. The zero-order valence-corrected chi connectivity index (χ0v) is 18.8. The number of aryl methyl sites for hydroxylation is 1. The molecule has 0 aliphatic heterocycles. The van der Waals surface area contributed by atoms with Gasteiger partial charge in [-0.15, -0.1) is 0 Å². The molecule has 2 heterocycles. The number of nitrogens with zero attached hydrogens (tertiary/aromatic N) is 2. The van der Waals surface area contributed by atoms with Gasteiger partial charge in [0.05, 0.1) is 5.56 Å². The molecule has 168 valence electrons. The molecule has 33 heavy (non-hydrogen) atoms. The second-order valence-corrected chi connectivity index (χ2v) is 8.11. The van der Waals surface area contributed by atoms with Crippen molar-refractivity contribution in [2.24, 2.45) is 0 Å². The molecule has 0 saturated heterocycles. The molecular weight excluding hydrogens is 414 g/mol. The first kappa shape index (κ1) is 22.3. The maximum atomic E-state index is 13.4. The van der Waals surface area contributed by atoms with Gasteiger partial charge < -0.3 is 14.6 Å². The maximum Gasteiger partial charge on any atom is 0.269 e. The smallest absolute Gasteiger partial charge is 0.269 e. The Balaban J connectivity index is 1.49. The van der Waals surface area contributed by atoms with Crippen LogP contribution in [-0.4, -0.2) is 41.3 Å². The molecule has 6 nitrogen and oxygen atoms in total. The molecule has 2 amide bonds. The fourth-order valence-corrected chi connectivity index (χ4v) is 3.93. The van der Waals surface area contributed by atoms with Gasteiger partial charge in [-0.3, -0.25) is 9.59 Å². The zero-order chi connectivity index (χ0) is 23.2. The summed E-state index contributed by atoms with van der Waals surface area (Å²) in [5, 5.41) is 3.74. The van der Waals surface area contributed by atoms with E-state index in [1.54, 1.807) is 11.0 Å². The molecule has 0 bridgehead atoms. The largest absolute Gasteiger partial charge is 0.463 e. The van der Waals surface area contributed by atoms with Gasteiger partial charge in [0.2, 0.25) is 0 Å². The van der Waals surface area contributed by atoms with Gasteiger partial charge >= 0.3 is 0 Å². The first-order valence-corrected chi connectivity index (χ1v) is 11.0. The summed E-state index contributed by atoms with van der Waals surface area (Å²) >= 11 is 0. The molecule has 0 aliphatic carbocycles. The Labute approximate surface area is 193 Å². The van der Waals surface area contributed by atoms with Gasteiger partial charge in [-0.25, -0.2) is 4.98 Å². The summed E-state index contributed by atoms with van der Waals surface area (Å²) < 4.78 is 5.58. The van der Waals surface area contributed by atoms with E-state index >= 15 is 0 Å². The molecule has 4 aromatic rings. The minimum atomic E-state index is -0.216. The van der Waals surface area contributed by atoms with Crippen LogP contribution in [0.25, 0.3) is 11.0 Å². The molecule has 1 atom stereocenters. The molecule has 0 aliphatic rings. The van der Waals surface area contributed by atoms with Crippen LogP contribution in [0.1, 0.15) is 38.5 Å². The van der Waals surface area contributed by atoms with E-state index in [1.165, 1.54) is 6.26 Å². The van der Waals surface area contributed by atoms with E-state index in [4.69, 9.17) is 4.42 Å². The summed E-state index contributed by atoms with van der Waals surface area (Å²) in [6, 6.07) is 22.8. The van der Waals surface area contributed by atoms with Crippen LogP contribution >= 0.6 is 0 Å². The Bertz CT molecular complexity index is 1250. The molecular formula is C27H27N3O3. The van der Waals surface area contributed by atoms with Crippen molar-refractivity contribution < 1.29 is 14.0 Å². The van der Waals surface area contributed by atoms with Crippen molar-refractivity contribution in [2.75, 3.05) is 13.6 Å². The first-order chi connectivity index (χ1) is 16.0. The number of amides is 2. The molecule has 0 unspecified atom stereocenters. The van der Waals surface area contributed by atoms with Crippen LogP contribution in [0.3, 0.4) is 0 Å². The number of fused-ring (bicyclic) bond motifs is 1. The predicted octanol–water partition coefficient (Wildman–Crippen LogP) is 4.64. The number of carbonyl (C=O) groups excluding carboxylic acids is 2. The van der Waals surface area contributed by atoms with Crippen LogP contribution in [0, 0.1) is 6.92 Å². The summed E-state index contributed by atoms with van der Waals surface area (Å²) in [6.07, 6.45) is 2.80. The van der Waals surface area contributed by atoms with Gasteiger partial charge in [0.1, 0.15) is 17.5 Å². The SMILES string of the molecule is Cc1cccc(C(=O)NCC[C@H](Cc2ccccc2)N(C)C(=O)c2coc3ccccc23)n1. The molecule has 2 aromatic heterocycles. The van der Waals surface area contributed by atoms with E-state index in [-0.39, 0.29) is 17.9 Å². The van der Waals surface area contributed by atoms with Crippen LogP contribution < -0.4 is 5.32 Å². The van der Waals surface area contributed by atoms with Gasteiger partial charge in [0, 0.05) is 30.7 Å². The topological polar surface area (TPSA) is 75.4 Å². The summed E-state index contributed by atoms with van der Waals surface area (Å²) in [4.78, 5) is 31.9. The number of likely N-dealkylation sites (N-methyl/N-ethyl adjacent to an activating group) is 1. The van der Waals surface area contributed by atoms with E-state index in [0.29, 0.717) is 36.2 Å². The van der Waals surface area contributed by atoms with Crippen LogP contribution in [0.15, 0.2) is 83.5 Å². The van der Waals surface area contributed by atoms with Crippen molar-refractivity contribution in [1.29, 1.82) is 0 Å². The normalized spacial score (nSPS) is 11.8. The van der Waals surface area contributed by atoms with E-state index < -0.39 is 0 Å². The molecule has 6 heteroatoms. The van der Waals surface area contributed by atoms with Gasteiger partial charge in [-0.05, 0) is 43.5 Å². The number of aromatic nitrogens is 1. The van der Waals surface area contributed by atoms with Crippen LogP contribution in [0.4, 0.5) is 0 Å². The highest BCUT2D eigenvalue weighted by Gasteiger charge is 2.24. The van der Waals surface area contributed by atoms with Crippen LogP contribution in [-0.2, 0) is 6.42 Å². The number of para-hydroxylation sites is 1. The number of carbonyl (C=O) groups is 2. The van der Waals surface area contributed by atoms with Gasteiger partial charge in [-0.2, -0.15) is 0 Å². The average molecular weight is 442 g/mol. The maximum absolute atomic E-state index is 13.4. The van der Waals surface area contributed by atoms with E-state index in [0.717, 1.165) is 16.6 Å². The molecule has 2 aromatic carbocycles. The van der Waals surface area contributed by atoms with E-state index in [1.807, 2.05) is 80.7 Å². The van der Waals surface area contributed by atoms with Gasteiger partial charge in [0.25, 0.3) is 11.8 Å². The number of nitrogens with one attached hydrogen (secondary N) is 1. The lowest BCUT2D eigenvalue weighted by Crippen LogP contribution is -2.41. The number of hydrogen-bond acceptors (Lipinski definition) is 4. The quantitative estimate of drug-likeness (QED) is 0.432. The highest BCUT2D eigenvalue weighted by molar-refractivity contribution is 6.05. The number of pyridine rings is 1. The lowest BCUT2D eigenvalue weighted by Gasteiger charge is -2.28. The van der Waals surface area contributed by atoms with Crippen molar-refractivity contribution in [1.82, 2.24) is 15.2 Å². The standard InChI is InChI=1S/C27H27N3O3/c1-19-9-8-13-24(29-19)26(31)28-16-15-21(17-20-10-4-3-5-11-20)30(2)27(32)23-18-33-25-14-7-6-12-22(23)25/h3-14,18,21H,15-17H2,1-2H3,(H,28,31)/t21-/m1/s1. The minimum Gasteiger partial charge on any atom is -0.463 e. The fraction of sp³-hybridized carbons (Fsp3) is 0.222. The minimum absolute atomic E-state index is 0.104. The molecule has 4 rings (SSSR count). The van der Waals surface area contributed by atoms with E-state index in [2.05, 4.69) is 10.3 Å². The van der Waals surface area contributed by atoms with Crippen molar-refractivity contribution in [3.63, 3.8) is 0 Å². The third kappa shape index (κ3) is 5.29. The molecule has 0 radical (unpaired) electrons. The number of rotatable bonds is 8. The Morgan fingerprint density at radius 2 is 1.76 bits per heavy atom. The number of benzene rings is 2. The summed E-state index contributed by atoms with van der Waals surface area (Å²) in [5.41, 5.74) is 3.54. The van der Waals surface area contributed by atoms with E-state index in [9.17, 15) is 9.59 Å². The number of hydrogen-bond donors (Lipinski definition) is 1. The lowest BCUT2D eigenvalue weighted by atomic mass is 10.0. The molecule has 0 spiro atoms. The van der Waals surface area contributed by atoms with Gasteiger partial charge in [-0.1, -0.05) is 54.6 Å². The van der Waals surface area contributed by atoms with Gasteiger partial charge in [0.15, 0.2) is 0 Å². The van der Waals surface area contributed by atoms with Crippen molar-refractivity contribution in [2.45, 2.75) is 25.8 Å². The van der Waals surface area contributed by atoms with Crippen LogP contribution in [0.5, 0.6) is 0 Å². The Hall–Kier alpha value is -3.93. The second-order valence-electron chi connectivity index (χ2n) is 8.11. The Morgan fingerprint density at radius 1 is 1.00 bits per heavy atom. The monoisotopic (exact) mass is 441 g/mol. The molecule has 0 fully saturated rings. The van der Waals surface area contributed by atoms with Crippen molar-refractivity contribution >= 4 is 22.8 Å². The zero-order valence-electron chi connectivity index (χ0n) is 18.8. The summed E-state index contributed by atoms with van der Waals surface area (Å²) in [5.74, 6) is -0.320. The third-order valence-electron chi connectivity index (χ3n) is 5.78. The Kier molecular flexibility index (Phi) is 6.83. The van der Waals surface area contributed by atoms with Crippen LogP contribution in [0.2, 0.25) is 0 Å². The second kappa shape index (κ2) is 10.1. The lowest BCUT2D eigenvalue weighted by molar-refractivity contribution is 0.0724. The Morgan fingerprint density at radius 3 is 2.55 bits per heavy atom. The summed E-state index contributed by atoms with van der Waals surface area (Å²) in [7, 11) is 1.81. The predicted molar refractivity (Wildman–Crippen MR) is 128 cm³/mol. The average Bonchev–Trinajstić information content (AvgIpc) is 3.27. The third-order valence-corrected chi connectivity index (χ3v) is 5.78. The van der Waals surface area contributed by atoms with Crippen molar-refractivity contribution in [3.8, 4) is 0 Å². The first-order valence-electron chi connectivity index (χ1n) is 11.0. The molecule has 0 saturated carbocycles. The highest BCUT2D eigenvalue weighted by Crippen LogP contribution is 2.23. The highest BCUT2D eigenvalue weighted by atomic mass is 16.3. The summed E-state index contributed by atoms with van der Waals surface area (Å²) in [6.45, 7) is 2.28. The van der Waals surface area contributed by atoms with Crippen molar-refractivity contribution in [3.05, 3.63) is 102 Å².